The van der Waals surface area contributed by atoms with Gasteiger partial charge in [-0.1, -0.05) is 30.3 Å². The fraction of sp³-hybridized carbons (Fsp3) is 0.353. The number of carboxylic acids is 1. The van der Waals surface area contributed by atoms with Gasteiger partial charge in [-0.3, -0.25) is 4.90 Å². The van der Waals surface area contributed by atoms with Crippen LogP contribution in [0.3, 0.4) is 0 Å². The van der Waals surface area contributed by atoms with Gasteiger partial charge in [0.25, 0.3) is 0 Å². The van der Waals surface area contributed by atoms with Gasteiger partial charge in [0.15, 0.2) is 6.04 Å². The average Bonchev–Trinajstić information content (AvgIpc) is 3.32. The molecule has 126 valence electrons. The number of hydrogen-bond acceptors (Lipinski definition) is 5. The van der Waals surface area contributed by atoms with Crippen molar-refractivity contribution in [3.05, 3.63) is 52.0 Å². The van der Waals surface area contributed by atoms with Crippen LogP contribution in [0.1, 0.15) is 35.1 Å². The standard InChI is InChI=1S/C17H18N2O4S/c1-11-18-14(10-24-11)15(16(20)21)19(13-7-8-13)17(22)23-9-12-5-3-2-4-6-12/h2-6,10,13,15H,7-9H2,1H3,(H,20,21). The van der Waals surface area contributed by atoms with Crippen molar-refractivity contribution in [3.8, 4) is 0 Å². The van der Waals surface area contributed by atoms with Crippen molar-refractivity contribution in [2.75, 3.05) is 0 Å². The van der Waals surface area contributed by atoms with E-state index >= 15 is 0 Å². The summed E-state index contributed by atoms with van der Waals surface area (Å²) < 4.78 is 5.35. The van der Waals surface area contributed by atoms with Crippen LogP contribution in [0.5, 0.6) is 0 Å². The van der Waals surface area contributed by atoms with Crippen LogP contribution >= 0.6 is 11.3 Å². The number of carbonyl (C=O) groups excluding carboxylic acids is 1. The zero-order valence-corrected chi connectivity index (χ0v) is 14.0. The van der Waals surface area contributed by atoms with E-state index in [9.17, 15) is 14.7 Å². The largest absolute Gasteiger partial charge is 0.479 e. The Morgan fingerprint density at radius 1 is 1.38 bits per heavy atom. The molecule has 1 atom stereocenters. The molecule has 2 aromatic rings. The predicted molar refractivity (Wildman–Crippen MR) is 88.7 cm³/mol. The van der Waals surface area contributed by atoms with Crippen LogP contribution in [0, 0.1) is 6.92 Å². The summed E-state index contributed by atoms with van der Waals surface area (Å²) in [6.45, 7) is 1.92. The summed E-state index contributed by atoms with van der Waals surface area (Å²) >= 11 is 1.37. The van der Waals surface area contributed by atoms with Crippen molar-refractivity contribution in [1.82, 2.24) is 9.88 Å². The second kappa shape index (κ2) is 7.00. The van der Waals surface area contributed by atoms with E-state index in [1.54, 1.807) is 5.38 Å². The Hall–Kier alpha value is -2.41. The van der Waals surface area contributed by atoms with Crippen LogP contribution < -0.4 is 0 Å². The third kappa shape index (κ3) is 3.73. The lowest BCUT2D eigenvalue weighted by atomic mass is 10.2. The van der Waals surface area contributed by atoms with Gasteiger partial charge in [0, 0.05) is 11.4 Å². The Morgan fingerprint density at radius 3 is 2.62 bits per heavy atom. The number of hydrogen-bond donors (Lipinski definition) is 1. The molecule has 1 amide bonds. The Kier molecular flexibility index (Phi) is 4.80. The van der Waals surface area contributed by atoms with Crippen molar-refractivity contribution in [2.45, 2.75) is 38.5 Å². The topological polar surface area (TPSA) is 79.7 Å². The molecule has 6 nitrogen and oxygen atoms in total. The number of aliphatic carboxylic acids is 1. The van der Waals surface area contributed by atoms with Gasteiger partial charge in [0.05, 0.1) is 10.7 Å². The molecule has 1 fully saturated rings. The number of carboxylic acid groups (broad SMARTS) is 1. The average molecular weight is 346 g/mol. The van der Waals surface area contributed by atoms with Crippen molar-refractivity contribution in [3.63, 3.8) is 0 Å². The van der Waals surface area contributed by atoms with E-state index in [4.69, 9.17) is 4.74 Å². The van der Waals surface area contributed by atoms with E-state index in [0.29, 0.717) is 5.69 Å². The lowest BCUT2D eigenvalue weighted by Gasteiger charge is -2.27. The predicted octanol–water partition coefficient (Wildman–Crippen LogP) is 3.38. The molecule has 0 radical (unpaired) electrons. The summed E-state index contributed by atoms with van der Waals surface area (Å²) in [7, 11) is 0. The molecule has 7 heteroatoms. The minimum Gasteiger partial charge on any atom is -0.479 e. The Balaban J connectivity index is 1.77. The number of amides is 1. The van der Waals surface area contributed by atoms with Crippen LogP contribution in [0.2, 0.25) is 0 Å². The Bertz CT molecular complexity index is 727. The molecule has 1 aliphatic carbocycles. The highest BCUT2D eigenvalue weighted by Gasteiger charge is 2.43. The van der Waals surface area contributed by atoms with Crippen molar-refractivity contribution in [1.29, 1.82) is 0 Å². The van der Waals surface area contributed by atoms with E-state index in [1.165, 1.54) is 16.2 Å². The summed E-state index contributed by atoms with van der Waals surface area (Å²) in [5.41, 5.74) is 1.24. The zero-order valence-electron chi connectivity index (χ0n) is 13.2. The van der Waals surface area contributed by atoms with Crippen LogP contribution in [0.15, 0.2) is 35.7 Å². The van der Waals surface area contributed by atoms with Gasteiger partial charge in [-0.15, -0.1) is 11.3 Å². The molecule has 1 aliphatic rings. The second-order valence-electron chi connectivity index (χ2n) is 5.71. The Morgan fingerprint density at radius 2 is 2.08 bits per heavy atom. The summed E-state index contributed by atoms with van der Waals surface area (Å²) in [6, 6.07) is 8.11. The first-order valence-corrected chi connectivity index (χ1v) is 8.58. The summed E-state index contributed by atoms with van der Waals surface area (Å²) in [5.74, 6) is -1.09. The number of benzene rings is 1. The van der Waals surface area contributed by atoms with Gasteiger partial charge < -0.3 is 9.84 Å². The van der Waals surface area contributed by atoms with Crippen LogP contribution in [-0.2, 0) is 16.1 Å². The molecule has 1 aromatic carbocycles. The summed E-state index contributed by atoms with van der Waals surface area (Å²) in [4.78, 5) is 29.9. The number of rotatable bonds is 6. The van der Waals surface area contributed by atoms with Gasteiger partial charge in [-0.25, -0.2) is 14.6 Å². The highest BCUT2D eigenvalue weighted by Crippen LogP contribution is 2.35. The SMILES string of the molecule is Cc1nc(C(C(=O)O)N(C(=O)OCc2ccccc2)C2CC2)cs1. The van der Waals surface area contributed by atoms with E-state index in [-0.39, 0.29) is 12.6 Å². The monoisotopic (exact) mass is 346 g/mol. The molecule has 1 unspecified atom stereocenters. The first-order valence-electron chi connectivity index (χ1n) is 7.70. The maximum Gasteiger partial charge on any atom is 0.411 e. The molecule has 1 heterocycles. The Labute approximate surface area is 143 Å². The first-order chi connectivity index (χ1) is 11.6. The maximum atomic E-state index is 12.5. The number of thiazole rings is 1. The van der Waals surface area contributed by atoms with E-state index in [1.807, 2.05) is 37.3 Å². The van der Waals surface area contributed by atoms with Crippen LogP contribution in [0.4, 0.5) is 4.79 Å². The molecular formula is C17H18N2O4S. The minimum absolute atomic E-state index is 0.101. The molecule has 1 N–H and O–H groups in total. The molecule has 0 bridgehead atoms. The highest BCUT2D eigenvalue weighted by atomic mass is 32.1. The van der Waals surface area contributed by atoms with Crippen molar-refractivity contribution >= 4 is 23.4 Å². The second-order valence-corrected chi connectivity index (χ2v) is 6.77. The van der Waals surface area contributed by atoms with E-state index in [2.05, 4.69) is 4.98 Å². The molecule has 0 spiro atoms. The van der Waals surface area contributed by atoms with Gasteiger partial charge in [-0.2, -0.15) is 0 Å². The normalized spacial score (nSPS) is 14.9. The van der Waals surface area contributed by atoms with Crippen LogP contribution in [0.25, 0.3) is 0 Å². The third-order valence-electron chi connectivity index (χ3n) is 3.79. The maximum absolute atomic E-state index is 12.5. The molecule has 0 saturated heterocycles. The highest BCUT2D eigenvalue weighted by molar-refractivity contribution is 7.09. The number of aryl methyl sites for hydroxylation is 1. The molecule has 3 rings (SSSR count). The summed E-state index contributed by atoms with van der Waals surface area (Å²) in [5, 5.41) is 12.1. The lowest BCUT2D eigenvalue weighted by molar-refractivity contribution is -0.143. The van der Waals surface area contributed by atoms with Gasteiger partial charge in [0.2, 0.25) is 0 Å². The van der Waals surface area contributed by atoms with Crippen molar-refractivity contribution < 1.29 is 19.4 Å². The smallest absolute Gasteiger partial charge is 0.411 e. The number of ether oxygens (including phenoxy) is 1. The zero-order chi connectivity index (χ0) is 17.1. The molecule has 0 aliphatic heterocycles. The lowest BCUT2D eigenvalue weighted by Crippen LogP contribution is -2.41. The van der Waals surface area contributed by atoms with Gasteiger partial charge in [-0.05, 0) is 25.3 Å². The van der Waals surface area contributed by atoms with Crippen molar-refractivity contribution in [2.24, 2.45) is 0 Å². The number of carbonyl (C=O) groups is 2. The fourth-order valence-electron chi connectivity index (χ4n) is 2.51. The fourth-order valence-corrected chi connectivity index (χ4v) is 3.14. The molecular weight excluding hydrogens is 328 g/mol. The molecule has 24 heavy (non-hydrogen) atoms. The summed E-state index contributed by atoms with van der Waals surface area (Å²) in [6.07, 6.45) is 0.958. The number of aromatic nitrogens is 1. The van der Waals surface area contributed by atoms with Crippen LogP contribution in [-0.4, -0.2) is 33.1 Å². The van der Waals surface area contributed by atoms with Gasteiger partial charge in [0.1, 0.15) is 6.61 Å². The number of nitrogens with zero attached hydrogens (tertiary/aromatic N) is 2. The van der Waals surface area contributed by atoms with E-state index in [0.717, 1.165) is 23.4 Å². The molecule has 1 saturated carbocycles. The van der Waals surface area contributed by atoms with E-state index < -0.39 is 18.1 Å². The molecule has 1 aromatic heterocycles. The first kappa shape index (κ1) is 16.4. The third-order valence-corrected chi connectivity index (χ3v) is 4.58. The minimum atomic E-state index is -1.11. The quantitative estimate of drug-likeness (QED) is 0.867. The van der Waals surface area contributed by atoms with Gasteiger partial charge >= 0.3 is 12.1 Å².